The minimum Gasteiger partial charge on any atom is -0.313 e. The molecule has 0 aromatic heterocycles. The Morgan fingerprint density at radius 2 is 1.79 bits per heavy atom. The van der Waals surface area contributed by atoms with E-state index in [-0.39, 0.29) is 17.7 Å². The Morgan fingerprint density at radius 3 is 2.37 bits per heavy atom. The van der Waals surface area contributed by atoms with Crippen LogP contribution in [0.3, 0.4) is 0 Å². The first-order chi connectivity index (χ1) is 9.10. The molecule has 2 aromatic rings. The van der Waals surface area contributed by atoms with Crippen molar-refractivity contribution in [2.24, 2.45) is 0 Å². The second kappa shape index (κ2) is 6.26. The largest absolute Gasteiger partial charge is 0.313 e. The van der Waals surface area contributed by atoms with Crippen molar-refractivity contribution in [2.75, 3.05) is 7.05 Å². The minimum atomic E-state index is -0.277. The van der Waals surface area contributed by atoms with Crippen LogP contribution in [0.5, 0.6) is 0 Å². The van der Waals surface area contributed by atoms with Gasteiger partial charge in [-0.05, 0) is 64.8 Å². The summed E-state index contributed by atoms with van der Waals surface area (Å²) >= 11 is 3.19. The first kappa shape index (κ1) is 14.2. The lowest BCUT2D eigenvalue weighted by Gasteiger charge is -2.17. The number of hydrogen-bond donors (Lipinski definition) is 1. The monoisotopic (exact) mass is 325 g/mol. The Balaban J connectivity index is 2.19. The van der Waals surface area contributed by atoms with Gasteiger partial charge in [0.1, 0.15) is 11.6 Å². The summed E-state index contributed by atoms with van der Waals surface area (Å²) in [5, 5.41) is 3.19. The second-order valence-electron chi connectivity index (χ2n) is 4.35. The van der Waals surface area contributed by atoms with Crippen LogP contribution < -0.4 is 5.32 Å². The third-order valence-electron chi connectivity index (χ3n) is 3.05. The van der Waals surface area contributed by atoms with E-state index in [4.69, 9.17) is 0 Å². The van der Waals surface area contributed by atoms with Crippen LogP contribution >= 0.6 is 15.9 Å². The molecular formula is C15H14BrF2N. The van der Waals surface area contributed by atoms with E-state index in [1.54, 1.807) is 24.3 Å². The van der Waals surface area contributed by atoms with Crippen molar-refractivity contribution < 1.29 is 8.78 Å². The first-order valence-electron chi connectivity index (χ1n) is 5.97. The van der Waals surface area contributed by atoms with Gasteiger partial charge in [0.2, 0.25) is 0 Å². The van der Waals surface area contributed by atoms with Crippen LogP contribution in [0, 0.1) is 11.6 Å². The zero-order valence-corrected chi connectivity index (χ0v) is 12.0. The molecule has 0 aliphatic rings. The highest BCUT2D eigenvalue weighted by atomic mass is 79.9. The van der Waals surface area contributed by atoms with Crippen LogP contribution in [0.2, 0.25) is 0 Å². The molecule has 0 fully saturated rings. The topological polar surface area (TPSA) is 12.0 Å². The van der Waals surface area contributed by atoms with Gasteiger partial charge in [-0.25, -0.2) is 8.78 Å². The number of benzene rings is 2. The Bertz CT molecular complexity index is 555. The Morgan fingerprint density at radius 1 is 1.11 bits per heavy atom. The molecule has 19 heavy (non-hydrogen) atoms. The number of nitrogens with one attached hydrogen (secondary N) is 1. The van der Waals surface area contributed by atoms with Gasteiger partial charge in [-0.3, -0.25) is 0 Å². The summed E-state index contributed by atoms with van der Waals surface area (Å²) in [5.74, 6) is -0.519. The van der Waals surface area contributed by atoms with Crippen LogP contribution in [0.25, 0.3) is 0 Å². The molecule has 0 aliphatic carbocycles. The molecule has 2 aromatic carbocycles. The summed E-state index contributed by atoms with van der Waals surface area (Å²) in [7, 11) is 1.85. The minimum absolute atomic E-state index is 0.0577. The van der Waals surface area contributed by atoms with Crippen LogP contribution in [-0.4, -0.2) is 7.05 Å². The van der Waals surface area contributed by atoms with E-state index in [0.29, 0.717) is 4.47 Å². The van der Waals surface area contributed by atoms with E-state index in [0.717, 1.165) is 17.5 Å². The zero-order valence-electron chi connectivity index (χ0n) is 10.5. The van der Waals surface area contributed by atoms with Crippen molar-refractivity contribution in [1.82, 2.24) is 5.32 Å². The fourth-order valence-electron chi connectivity index (χ4n) is 1.97. The molecule has 1 N–H and O–H groups in total. The molecule has 1 nitrogen and oxygen atoms in total. The SMILES string of the molecule is CNC(Cc1ccc(F)cc1)c1ccc(F)c(Br)c1. The lowest BCUT2D eigenvalue weighted by molar-refractivity contribution is 0.581. The highest BCUT2D eigenvalue weighted by molar-refractivity contribution is 9.10. The van der Waals surface area contributed by atoms with Gasteiger partial charge in [-0.15, -0.1) is 0 Å². The molecule has 100 valence electrons. The third-order valence-corrected chi connectivity index (χ3v) is 3.66. The Kier molecular flexibility index (Phi) is 4.66. The molecule has 0 spiro atoms. The molecule has 1 atom stereocenters. The van der Waals surface area contributed by atoms with Gasteiger partial charge in [0.25, 0.3) is 0 Å². The Hall–Kier alpha value is -1.26. The normalized spacial score (nSPS) is 12.4. The summed E-state index contributed by atoms with van der Waals surface area (Å²) in [6.45, 7) is 0. The lowest BCUT2D eigenvalue weighted by Crippen LogP contribution is -2.19. The molecule has 0 aliphatic heterocycles. The van der Waals surface area contributed by atoms with Crippen LogP contribution in [-0.2, 0) is 6.42 Å². The van der Waals surface area contributed by atoms with E-state index in [1.807, 2.05) is 7.05 Å². The predicted molar refractivity (Wildman–Crippen MR) is 76.0 cm³/mol. The summed E-state index contributed by atoms with van der Waals surface area (Å²) < 4.78 is 26.5. The van der Waals surface area contributed by atoms with Gasteiger partial charge < -0.3 is 5.32 Å². The number of hydrogen-bond acceptors (Lipinski definition) is 1. The average molecular weight is 326 g/mol. The van der Waals surface area contributed by atoms with Gasteiger partial charge in [-0.2, -0.15) is 0 Å². The van der Waals surface area contributed by atoms with Crippen molar-refractivity contribution >= 4 is 15.9 Å². The quantitative estimate of drug-likeness (QED) is 0.887. The number of likely N-dealkylation sites (N-methyl/N-ethyl adjacent to an activating group) is 1. The number of rotatable bonds is 4. The van der Waals surface area contributed by atoms with Crippen molar-refractivity contribution in [1.29, 1.82) is 0 Å². The highest BCUT2D eigenvalue weighted by Gasteiger charge is 2.12. The molecule has 0 saturated heterocycles. The molecule has 0 heterocycles. The molecule has 1 unspecified atom stereocenters. The van der Waals surface area contributed by atoms with E-state index >= 15 is 0 Å². The van der Waals surface area contributed by atoms with Crippen molar-refractivity contribution in [2.45, 2.75) is 12.5 Å². The van der Waals surface area contributed by atoms with Crippen LogP contribution in [0.1, 0.15) is 17.2 Å². The van der Waals surface area contributed by atoms with Crippen molar-refractivity contribution in [3.8, 4) is 0 Å². The fourth-order valence-corrected chi connectivity index (χ4v) is 2.37. The molecule has 2 rings (SSSR count). The van der Waals surface area contributed by atoms with E-state index in [2.05, 4.69) is 21.2 Å². The Labute approximate surface area is 119 Å². The summed E-state index contributed by atoms with van der Waals surface area (Å²) in [5.41, 5.74) is 2.02. The molecule has 0 saturated carbocycles. The maximum Gasteiger partial charge on any atom is 0.137 e. The fraction of sp³-hybridized carbons (Fsp3) is 0.200. The van der Waals surface area contributed by atoms with Crippen LogP contribution in [0.4, 0.5) is 8.78 Å². The maximum atomic E-state index is 13.2. The van der Waals surface area contributed by atoms with Gasteiger partial charge >= 0.3 is 0 Å². The van der Waals surface area contributed by atoms with Crippen molar-refractivity contribution in [3.05, 3.63) is 69.7 Å². The van der Waals surface area contributed by atoms with Gasteiger partial charge in [0.05, 0.1) is 4.47 Å². The molecule has 4 heteroatoms. The van der Waals surface area contributed by atoms with E-state index in [9.17, 15) is 8.78 Å². The predicted octanol–water partition coefficient (Wildman–Crippen LogP) is 4.23. The van der Waals surface area contributed by atoms with E-state index < -0.39 is 0 Å². The van der Waals surface area contributed by atoms with Gasteiger partial charge in [0.15, 0.2) is 0 Å². The maximum absolute atomic E-state index is 13.2. The average Bonchev–Trinajstić information content (AvgIpc) is 2.41. The standard InChI is InChI=1S/C15H14BrF2N/c1-19-15(8-10-2-5-12(17)6-3-10)11-4-7-14(18)13(16)9-11/h2-7,9,15,19H,8H2,1H3. The summed E-state index contributed by atoms with van der Waals surface area (Å²) in [6.07, 6.45) is 0.717. The molecule has 0 amide bonds. The summed E-state index contributed by atoms with van der Waals surface area (Å²) in [4.78, 5) is 0. The second-order valence-corrected chi connectivity index (χ2v) is 5.20. The van der Waals surface area contributed by atoms with Crippen molar-refractivity contribution in [3.63, 3.8) is 0 Å². The smallest absolute Gasteiger partial charge is 0.137 e. The molecular weight excluding hydrogens is 312 g/mol. The number of halogens is 3. The van der Waals surface area contributed by atoms with Gasteiger partial charge in [0, 0.05) is 6.04 Å². The zero-order chi connectivity index (χ0) is 13.8. The lowest BCUT2D eigenvalue weighted by atomic mass is 9.99. The summed E-state index contributed by atoms with van der Waals surface area (Å²) in [6, 6.07) is 11.4. The molecule has 0 bridgehead atoms. The van der Waals surface area contributed by atoms with Gasteiger partial charge in [-0.1, -0.05) is 18.2 Å². The van der Waals surface area contributed by atoms with Crippen LogP contribution in [0.15, 0.2) is 46.9 Å². The molecule has 0 radical (unpaired) electrons. The van der Waals surface area contributed by atoms with E-state index in [1.165, 1.54) is 18.2 Å². The third kappa shape index (κ3) is 3.61. The highest BCUT2D eigenvalue weighted by Crippen LogP contribution is 2.23. The first-order valence-corrected chi connectivity index (χ1v) is 6.76.